The normalized spacial score (nSPS) is 14.8. The van der Waals surface area contributed by atoms with E-state index in [9.17, 15) is 4.79 Å². The summed E-state index contributed by atoms with van der Waals surface area (Å²) in [7, 11) is 0. The first-order chi connectivity index (χ1) is 8.63. The molecule has 0 atom stereocenters. The Hall–Kier alpha value is -1.52. The second kappa shape index (κ2) is 5.89. The predicted molar refractivity (Wildman–Crippen MR) is 71.3 cm³/mol. The van der Waals surface area contributed by atoms with Gasteiger partial charge in [-0.1, -0.05) is 13.8 Å². The second-order valence-corrected chi connectivity index (χ2v) is 5.38. The van der Waals surface area contributed by atoms with Gasteiger partial charge in [0.25, 0.3) is 0 Å². The molecule has 1 aromatic heterocycles. The molecule has 100 valence electrons. The standard InChI is InChI=1S/C13H22N4O/c1-10(2)5-6-14-12-7-15-17(8-12)9-13(18)16-11-3-4-11/h7-8,10-11,14H,3-6,9H2,1-2H3,(H,16,18). The Bertz CT molecular complexity index is 395. The van der Waals surface area contributed by atoms with Crippen molar-refractivity contribution in [1.82, 2.24) is 15.1 Å². The van der Waals surface area contributed by atoms with Crippen molar-refractivity contribution in [2.45, 2.75) is 45.7 Å². The largest absolute Gasteiger partial charge is 0.383 e. The Morgan fingerprint density at radius 1 is 1.56 bits per heavy atom. The van der Waals surface area contributed by atoms with Gasteiger partial charge in [0.1, 0.15) is 6.54 Å². The third-order valence-electron chi connectivity index (χ3n) is 2.93. The van der Waals surface area contributed by atoms with Crippen molar-refractivity contribution in [3.8, 4) is 0 Å². The highest BCUT2D eigenvalue weighted by molar-refractivity contribution is 5.76. The van der Waals surface area contributed by atoms with Crippen molar-refractivity contribution in [3.63, 3.8) is 0 Å². The van der Waals surface area contributed by atoms with Crippen LogP contribution in [0.15, 0.2) is 12.4 Å². The second-order valence-electron chi connectivity index (χ2n) is 5.38. The topological polar surface area (TPSA) is 59.0 Å². The van der Waals surface area contributed by atoms with Gasteiger partial charge in [0, 0.05) is 18.8 Å². The molecule has 18 heavy (non-hydrogen) atoms. The summed E-state index contributed by atoms with van der Waals surface area (Å²) in [5.41, 5.74) is 0.981. The lowest BCUT2D eigenvalue weighted by molar-refractivity contribution is -0.122. The lowest BCUT2D eigenvalue weighted by atomic mass is 10.1. The molecule has 1 saturated carbocycles. The van der Waals surface area contributed by atoms with Gasteiger partial charge in [-0.05, 0) is 25.2 Å². The smallest absolute Gasteiger partial charge is 0.241 e. The minimum absolute atomic E-state index is 0.0503. The minimum Gasteiger partial charge on any atom is -0.383 e. The molecule has 0 unspecified atom stereocenters. The first-order valence-electron chi connectivity index (χ1n) is 6.69. The van der Waals surface area contributed by atoms with E-state index in [0.717, 1.165) is 31.5 Å². The quantitative estimate of drug-likeness (QED) is 0.773. The fraction of sp³-hybridized carbons (Fsp3) is 0.692. The Morgan fingerprint density at radius 3 is 3.00 bits per heavy atom. The third-order valence-corrected chi connectivity index (χ3v) is 2.93. The van der Waals surface area contributed by atoms with E-state index in [1.54, 1.807) is 10.9 Å². The monoisotopic (exact) mass is 250 g/mol. The van der Waals surface area contributed by atoms with E-state index >= 15 is 0 Å². The Morgan fingerprint density at radius 2 is 2.33 bits per heavy atom. The number of anilines is 1. The molecule has 0 radical (unpaired) electrons. The molecule has 5 nitrogen and oxygen atoms in total. The highest BCUT2D eigenvalue weighted by Crippen LogP contribution is 2.18. The molecule has 0 aromatic carbocycles. The molecule has 1 amide bonds. The highest BCUT2D eigenvalue weighted by Gasteiger charge is 2.23. The van der Waals surface area contributed by atoms with E-state index in [2.05, 4.69) is 29.6 Å². The first kappa shape index (κ1) is 12.9. The number of hydrogen-bond donors (Lipinski definition) is 2. The molecule has 1 heterocycles. The van der Waals surface area contributed by atoms with Crippen LogP contribution in [0.4, 0.5) is 5.69 Å². The van der Waals surface area contributed by atoms with Crippen LogP contribution in [0.5, 0.6) is 0 Å². The Balaban J connectivity index is 1.72. The zero-order chi connectivity index (χ0) is 13.0. The van der Waals surface area contributed by atoms with Crippen LogP contribution < -0.4 is 10.6 Å². The third kappa shape index (κ3) is 4.39. The van der Waals surface area contributed by atoms with Gasteiger partial charge in [0.05, 0.1) is 11.9 Å². The van der Waals surface area contributed by atoms with Crippen LogP contribution in [-0.4, -0.2) is 28.3 Å². The number of nitrogens with one attached hydrogen (secondary N) is 2. The van der Waals surface area contributed by atoms with E-state index in [1.165, 1.54) is 0 Å². The molecule has 2 rings (SSSR count). The first-order valence-corrected chi connectivity index (χ1v) is 6.69. The summed E-state index contributed by atoms with van der Waals surface area (Å²) >= 11 is 0. The highest BCUT2D eigenvalue weighted by atomic mass is 16.2. The number of carbonyl (C=O) groups is 1. The summed E-state index contributed by atoms with van der Waals surface area (Å²) in [6, 6.07) is 0.414. The fourth-order valence-electron chi connectivity index (χ4n) is 1.69. The van der Waals surface area contributed by atoms with E-state index < -0.39 is 0 Å². The van der Waals surface area contributed by atoms with Gasteiger partial charge < -0.3 is 10.6 Å². The molecule has 1 fully saturated rings. The predicted octanol–water partition coefficient (Wildman–Crippen LogP) is 1.62. The van der Waals surface area contributed by atoms with E-state index in [4.69, 9.17) is 0 Å². The van der Waals surface area contributed by atoms with E-state index in [0.29, 0.717) is 18.5 Å². The number of nitrogens with zero attached hydrogens (tertiary/aromatic N) is 2. The van der Waals surface area contributed by atoms with Gasteiger partial charge in [-0.15, -0.1) is 0 Å². The fourth-order valence-corrected chi connectivity index (χ4v) is 1.69. The van der Waals surface area contributed by atoms with Crippen molar-refractivity contribution in [1.29, 1.82) is 0 Å². The van der Waals surface area contributed by atoms with Crippen molar-refractivity contribution >= 4 is 11.6 Å². The zero-order valence-corrected chi connectivity index (χ0v) is 11.1. The SMILES string of the molecule is CC(C)CCNc1cnn(CC(=O)NC2CC2)c1. The van der Waals surface area contributed by atoms with Crippen molar-refractivity contribution < 1.29 is 4.79 Å². The summed E-state index contributed by atoms with van der Waals surface area (Å²) in [5.74, 6) is 0.742. The van der Waals surface area contributed by atoms with E-state index in [-0.39, 0.29) is 5.91 Å². The molecule has 0 bridgehead atoms. The van der Waals surface area contributed by atoms with Crippen LogP contribution in [0.25, 0.3) is 0 Å². The summed E-state index contributed by atoms with van der Waals surface area (Å²) in [4.78, 5) is 11.6. The lowest BCUT2D eigenvalue weighted by Crippen LogP contribution is -2.29. The molecule has 0 saturated heterocycles. The molecular weight excluding hydrogens is 228 g/mol. The summed E-state index contributed by atoms with van der Waals surface area (Å²) in [6.07, 6.45) is 7.02. The van der Waals surface area contributed by atoms with Gasteiger partial charge in [-0.3, -0.25) is 9.48 Å². The Labute approximate surface area is 108 Å². The Kier molecular flexibility index (Phi) is 4.23. The molecule has 2 N–H and O–H groups in total. The number of hydrogen-bond acceptors (Lipinski definition) is 3. The van der Waals surface area contributed by atoms with Gasteiger partial charge in [-0.2, -0.15) is 5.10 Å². The maximum atomic E-state index is 11.6. The van der Waals surface area contributed by atoms with Crippen LogP contribution in [-0.2, 0) is 11.3 Å². The molecule has 0 spiro atoms. The average Bonchev–Trinajstić information content (AvgIpc) is 2.98. The number of rotatable bonds is 7. The zero-order valence-electron chi connectivity index (χ0n) is 11.1. The van der Waals surface area contributed by atoms with Crippen molar-refractivity contribution in [2.24, 2.45) is 5.92 Å². The molecule has 0 aliphatic heterocycles. The van der Waals surface area contributed by atoms with Crippen LogP contribution in [0.2, 0.25) is 0 Å². The summed E-state index contributed by atoms with van der Waals surface area (Å²) in [5, 5.41) is 10.4. The molecule has 1 aliphatic carbocycles. The maximum Gasteiger partial charge on any atom is 0.241 e. The molecule has 1 aromatic rings. The average molecular weight is 250 g/mol. The maximum absolute atomic E-state index is 11.6. The van der Waals surface area contributed by atoms with Gasteiger partial charge in [0.2, 0.25) is 5.91 Å². The van der Waals surface area contributed by atoms with Crippen LogP contribution >= 0.6 is 0 Å². The minimum atomic E-state index is 0.0503. The van der Waals surface area contributed by atoms with Crippen LogP contribution in [0.1, 0.15) is 33.1 Å². The number of amides is 1. The number of aromatic nitrogens is 2. The van der Waals surface area contributed by atoms with Crippen molar-refractivity contribution in [3.05, 3.63) is 12.4 Å². The lowest BCUT2D eigenvalue weighted by Gasteiger charge is -2.05. The van der Waals surface area contributed by atoms with Gasteiger partial charge in [-0.25, -0.2) is 0 Å². The van der Waals surface area contributed by atoms with Crippen LogP contribution in [0, 0.1) is 5.92 Å². The van der Waals surface area contributed by atoms with E-state index in [1.807, 2.05) is 6.20 Å². The van der Waals surface area contributed by atoms with Crippen molar-refractivity contribution in [2.75, 3.05) is 11.9 Å². The summed E-state index contributed by atoms with van der Waals surface area (Å²) < 4.78 is 1.68. The summed E-state index contributed by atoms with van der Waals surface area (Å²) in [6.45, 7) is 5.65. The van der Waals surface area contributed by atoms with Gasteiger partial charge in [0.15, 0.2) is 0 Å². The molecule has 5 heteroatoms. The molecule has 1 aliphatic rings. The van der Waals surface area contributed by atoms with Crippen LogP contribution in [0.3, 0.4) is 0 Å². The van der Waals surface area contributed by atoms with Gasteiger partial charge >= 0.3 is 0 Å². The molecular formula is C13H22N4O. The number of carbonyl (C=O) groups excluding carboxylic acids is 1.